The lowest BCUT2D eigenvalue weighted by Gasteiger charge is -2.21. The minimum absolute atomic E-state index is 0.0705. The van der Waals surface area contributed by atoms with Crippen molar-refractivity contribution in [2.45, 2.75) is 33.0 Å². The lowest BCUT2D eigenvalue weighted by atomic mass is 10.2. The first-order valence-electron chi connectivity index (χ1n) is 6.43. The summed E-state index contributed by atoms with van der Waals surface area (Å²) in [4.78, 5) is 18.2. The Morgan fingerprint density at radius 2 is 2.26 bits per heavy atom. The van der Waals surface area contributed by atoms with E-state index in [4.69, 9.17) is 5.73 Å². The summed E-state index contributed by atoms with van der Waals surface area (Å²) in [5.41, 5.74) is 7.56. The zero-order chi connectivity index (χ0) is 14.0. The van der Waals surface area contributed by atoms with E-state index in [1.54, 1.807) is 11.1 Å². The summed E-state index contributed by atoms with van der Waals surface area (Å²) < 4.78 is 1.87. The number of pyridine rings is 1. The molecule has 2 heterocycles. The number of aromatic nitrogens is 2. The summed E-state index contributed by atoms with van der Waals surface area (Å²) in [5, 5.41) is 1.02. The van der Waals surface area contributed by atoms with Gasteiger partial charge in [0.25, 0.3) is 0 Å². The quantitative estimate of drug-likeness (QED) is 0.902. The van der Waals surface area contributed by atoms with Gasteiger partial charge in [0.15, 0.2) is 0 Å². The van der Waals surface area contributed by atoms with Crippen LogP contribution in [0, 0.1) is 0 Å². The molecule has 2 aromatic heterocycles. The van der Waals surface area contributed by atoms with Crippen molar-refractivity contribution in [1.82, 2.24) is 14.5 Å². The van der Waals surface area contributed by atoms with E-state index in [1.807, 2.05) is 43.8 Å². The molecule has 19 heavy (non-hydrogen) atoms. The van der Waals surface area contributed by atoms with Gasteiger partial charge in [0.05, 0.1) is 0 Å². The van der Waals surface area contributed by atoms with Crippen LogP contribution < -0.4 is 5.73 Å². The number of hydrogen-bond acceptors (Lipinski definition) is 3. The van der Waals surface area contributed by atoms with Gasteiger partial charge in [0, 0.05) is 37.4 Å². The molecule has 2 aromatic rings. The lowest BCUT2D eigenvalue weighted by Crippen LogP contribution is -2.35. The van der Waals surface area contributed by atoms with Crippen molar-refractivity contribution < 1.29 is 4.79 Å². The molecule has 0 saturated carbocycles. The number of carbonyl (C=O) groups excluding carboxylic acids is 1. The van der Waals surface area contributed by atoms with E-state index in [0.717, 1.165) is 16.6 Å². The maximum Gasteiger partial charge on any atom is 0.242 e. The Morgan fingerprint density at radius 1 is 1.53 bits per heavy atom. The highest BCUT2D eigenvalue weighted by molar-refractivity contribution is 5.83. The molecule has 0 aliphatic rings. The van der Waals surface area contributed by atoms with Crippen molar-refractivity contribution in [1.29, 1.82) is 0 Å². The topological polar surface area (TPSA) is 64.2 Å². The zero-order valence-corrected chi connectivity index (χ0v) is 11.6. The van der Waals surface area contributed by atoms with Gasteiger partial charge in [-0.15, -0.1) is 0 Å². The third-order valence-corrected chi connectivity index (χ3v) is 3.41. The Balaban J connectivity index is 2.33. The normalized spacial score (nSPS) is 11.2. The van der Waals surface area contributed by atoms with Crippen molar-refractivity contribution in [3.63, 3.8) is 0 Å². The van der Waals surface area contributed by atoms with Crippen molar-refractivity contribution in [2.75, 3.05) is 7.05 Å². The number of carbonyl (C=O) groups is 1. The van der Waals surface area contributed by atoms with Crippen LogP contribution >= 0.6 is 0 Å². The summed E-state index contributed by atoms with van der Waals surface area (Å²) in [5.74, 6) is 0.0705. The highest BCUT2D eigenvalue weighted by Crippen LogP contribution is 2.19. The molecule has 0 aromatic carbocycles. The van der Waals surface area contributed by atoms with Crippen LogP contribution in [0.1, 0.15) is 19.4 Å². The van der Waals surface area contributed by atoms with E-state index in [1.165, 1.54) is 0 Å². The maximum atomic E-state index is 12.1. The van der Waals surface area contributed by atoms with Gasteiger partial charge in [0.2, 0.25) is 5.91 Å². The molecular formula is C14H20N4O. The Morgan fingerprint density at radius 3 is 2.89 bits per heavy atom. The van der Waals surface area contributed by atoms with Crippen molar-refractivity contribution in [3.05, 3.63) is 30.1 Å². The average molecular weight is 260 g/mol. The number of nitrogens with two attached hydrogens (primary N) is 1. The second-order valence-corrected chi connectivity index (χ2v) is 4.96. The Bertz CT molecular complexity index is 588. The fourth-order valence-corrected chi connectivity index (χ4v) is 2.02. The molecule has 0 spiro atoms. The summed E-state index contributed by atoms with van der Waals surface area (Å²) in [6.07, 6.45) is 3.65. The molecule has 0 atom stereocenters. The van der Waals surface area contributed by atoms with Crippen LogP contribution in [-0.4, -0.2) is 33.4 Å². The second-order valence-electron chi connectivity index (χ2n) is 4.96. The minimum atomic E-state index is 0.0705. The number of fused-ring (bicyclic) bond motifs is 1. The van der Waals surface area contributed by atoms with Crippen molar-refractivity contribution in [2.24, 2.45) is 5.73 Å². The van der Waals surface area contributed by atoms with Gasteiger partial charge in [-0.1, -0.05) is 0 Å². The van der Waals surface area contributed by atoms with Crippen LogP contribution in [0.25, 0.3) is 11.0 Å². The Labute approximate surface area is 113 Å². The van der Waals surface area contributed by atoms with E-state index in [0.29, 0.717) is 13.1 Å². The molecule has 102 valence electrons. The van der Waals surface area contributed by atoms with Crippen LogP contribution in [-0.2, 0) is 17.9 Å². The third-order valence-electron chi connectivity index (χ3n) is 3.41. The van der Waals surface area contributed by atoms with Crippen LogP contribution in [0.15, 0.2) is 24.5 Å². The molecule has 2 rings (SSSR count). The average Bonchev–Trinajstić information content (AvgIpc) is 2.76. The minimum Gasteiger partial charge on any atom is -0.342 e. The molecule has 5 heteroatoms. The van der Waals surface area contributed by atoms with Gasteiger partial charge in [-0.2, -0.15) is 0 Å². The molecule has 0 aliphatic heterocycles. The lowest BCUT2D eigenvalue weighted by molar-refractivity contribution is -0.131. The van der Waals surface area contributed by atoms with Crippen LogP contribution in [0.5, 0.6) is 0 Å². The Hall–Kier alpha value is -1.88. The van der Waals surface area contributed by atoms with Crippen molar-refractivity contribution >= 4 is 16.9 Å². The van der Waals surface area contributed by atoms with Gasteiger partial charge < -0.3 is 15.2 Å². The summed E-state index contributed by atoms with van der Waals surface area (Å²) >= 11 is 0. The highest BCUT2D eigenvalue weighted by atomic mass is 16.2. The molecule has 0 saturated heterocycles. The first-order chi connectivity index (χ1) is 9.04. The number of rotatable bonds is 4. The van der Waals surface area contributed by atoms with E-state index in [2.05, 4.69) is 4.98 Å². The first kappa shape index (κ1) is 13.5. The molecule has 2 N–H and O–H groups in total. The number of likely N-dealkylation sites (N-methyl/N-ethyl adjacent to an activating group) is 1. The van der Waals surface area contributed by atoms with Gasteiger partial charge >= 0.3 is 0 Å². The molecule has 0 unspecified atom stereocenters. The van der Waals surface area contributed by atoms with Crippen LogP contribution in [0.2, 0.25) is 0 Å². The fraction of sp³-hybridized carbons (Fsp3) is 0.429. The van der Waals surface area contributed by atoms with Gasteiger partial charge in [0.1, 0.15) is 12.2 Å². The summed E-state index contributed by atoms with van der Waals surface area (Å²) in [7, 11) is 1.82. The molecule has 0 bridgehead atoms. The smallest absolute Gasteiger partial charge is 0.242 e. The van der Waals surface area contributed by atoms with Crippen molar-refractivity contribution in [3.8, 4) is 0 Å². The SMILES string of the molecule is CC(C)N(C)C(=O)Cn1cc(CN)c2cccnc21. The largest absolute Gasteiger partial charge is 0.342 e. The second kappa shape index (κ2) is 5.40. The maximum absolute atomic E-state index is 12.1. The standard InChI is InChI=1S/C14H20N4O/c1-10(2)17(3)13(19)9-18-8-11(7-15)12-5-4-6-16-14(12)18/h4-6,8,10H,7,9,15H2,1-3H3. The first-order valence-corrected chi connectivity index (χ1v) is 6.43. The van der Waals surface area contributed by atoms with Gasteiger partial charge in [-0.3, -0.25) is 4.79 Å². The van der Waals surface area contributed by atoms with Crippen LogP contribution in [0.4, 0.5) is 0 Å². The molecular weight excluding hydrogens is 240 g/mol. The molecule has 0 fully saturated rings. The number of amides is 1. The molecule has 0 radical (unpaired) electrons. The molecule has 5 nitrogen and oxygen atoms in total. The summed E-state index contributed by atoms with van der Waals surface area (Å²) in [6, 6.07) is 4.06. The molecule has 0 aliphatic carbocycles. The zero-order valence-electron chi connectivity index (χ0n) is 11.6. The monoisotopic (exact) mass is 260 g/mol. The highest BCUT2D eigenvalue weighted by Gasteiger charge is 2.15. The van der Waals surface area contributed by atoms with Gasteiger partial charge in [-0.05, 0) is 31.5 Å². The number of nitrogens with zero attached hydrogens (tertiary/aromatic N) is 3. The van der Waals surface area contributed by atoms with Crippen LogP contribution in [0.3, 0.4) is 0 Å². The third kappa shape index (κ3) is 2.61. The van der Waals surface area contributed by atoms with E-state index >= 15 is 0 Å². The fourth-order valence-electron chi connectivity index (χ4n) is 2.02. The van der Waals surface area contributed by atoms with E-state index in [-0.39, 0.29) is 11.9 Å². The van der Waals surface area contributed by atoms with Gasteiger partial charge in [-0.25, -0.2) is 4.98 Å². The van der Waals surface area contributed by atoms with E-state index < -0.39 is 0 Å². The number of hydrogen-bond donors (Lipinski definition) is 1. The summed E-state index contributed by atoms with van der Waals surface area (Å²) in [6.45, 7) is 4.73. The predicted molar refractivity (Wildman–Crippen MR) is 75.5 cm³/mol. The Kier molecular flexibility index (Phi) is 3.85. The van der Waals surface area contributed by atoms with E-state index in [9.17, 15) is 4.79 Å². The molecule has 1 amide bonds. The predicted octanol–water partition coefficient (Wildman–Crippen LogP) is 1.36.